The van der Waals surface area contributed by atoms with Gasteiger partial charge in [-0.2, -0.15) is 0 Å². The number of rotatable bonds is 3. The molecule has 1 rings (SSSR count). The van der Waals surface area contributed by atoms with Gasteiger partial charge in [-0.3, -0.25) is 19.7 Å². The summed E-state index contributed by atoms with van der Waals surface area (Å²) in [4.78, 5) is 47.0. The van der Waals surface area contributed by atoms with E-state index < -0.39 is 29.7 Å². The third-order valence-corrected chi connectivity index (χ3v) is 2.51. The number of nitrogens with zero attached hydrogens (tertiary/aromatic N) is 2. The van der Waals surface area contributed by atoms with Crippen LogP contribution in [0, 0.1) is 5.92 Å². The Morgan fingerprint density at radius 1 is 1.39 bits per heavy atom. The molecule has 4 amide bonds. The molecule has 1 heterocycles. The first-order valence-electron chi connectivity index (χ1n) is 5.36. The van der Waals surface area contributed by atoms with Crippen LogP contribution in [0.4, 0.5) is 4.79 Å². The van der Waals surface area contributed by atoms with Crippen molar-refractivity contribution in [3.63, 3.8) is 0 Å². The van der Waals surface area contributed by atoms with E-state index in [1.54, 1.807) is 0 Å². The minimum Gasteiger partial charge on any atom is -0.481 e. The molecule has 8 heteroatoms. The zero-order valence-electron chi connectivity index (χ0n) is 10.2. The average Bonchev–Trinajstić information content (AvgIpc) is 2.26. The molecular formula is C10H15N3O5. The fourth-order valence-electron chi connectivity index (χ4n) is 1.58. The van der Waals surface area contributed by atoms with E-state index in [1.807, 2.05) is 0 Å². The highest BCUT2D eigenvalue weighted by Gasteiger charge is 2.29. The average molecular weight is 257 g/mol. The van der Waals surface area contributed by atoms with Crippen molar-refractivity contribution in [2.75, 3.05) is 26.7 Å². The van der Waals surface area contributed by atoms with E-state index in [2.05, 4.69) is 5.32 Å². The molecule has 0 aromatic rings. The van der Waals surface area contributed by atoms with Crippen LogP contribution in [0.1, 0.15) is 6.92 Å². The maximum absolute atomic E-state index is 11.9. The Morgan fingerprint density at radius 3 is 2.33 bits per heavy atom. The van der Waals surface area contributed by atoms with Gasteiger partial charge in [-0.05, 0) is 0 Å². The summed E-state index contributed by atoms with van der Waals surface area (Å²) in [6.07, 6.45) is 0. The van der Waals surface area contributed by atoms with Crippen molar-refractivity contribution >= 4 is 23.8 Å². The molecule has 18 heavy (non-hydrogen) atoms. The normalized spacial score (nSPS) is 17.1. The van der Waals surface area contributed by atoms with Crippen LogP contribution < -0.4 is 5.32 Å². The molecule has 0 aromatic carbocycles. The summed E-state index contributed by atoms with van der Waals surface area (Å²) >= 11 is 0. The minimum atomic E-state index is -1.01. The topological polar surface area (TPSA) is 107 Å². The number of nitrogens with one attached hydrogen (secondary N) is 1. The third kappa shape index (κ3) is 3.44. The molecule has 0 saturated carbocycles. The second-order valence-corrected chi connectivity index (χ2v) is 4.23. The molecule has 1 unspecified atom stereocenters. The molecule has 8 nitrogen and oxygen atoms in total. The Morgan fingerprint density at radius 2 is 1.89 bits per heavy atom. The molecule has 1 saturated heterocycles. The Bertz CT molecular complexity index is 379. The molecule has 1 atom stereocenters. The molecule has 0 aromatic heterocycles. The van der Waals surface area contributed by atoms with Crippen LogP contribution in [0.15, 0.2) is 0 Å². The molecule has 0 aliphatic carbocycles. The summed E-state index contributed by atoms with van der Waals surface area (Å²) in [6.45, 7) is 1.09. The van der Waals surface area contributed by atoms with Crippen LogP contribution >= 0.6 is 0 Å². The molecule has 0 bridgehead atoms. The quantitative estimate of drug-likeness (QED) is 0.612. The summed E-state index contributed by atoms with van der Waals surface area (Å²) in [5, 5.41) is 10.8. The van der Waals surface area contributed by atoms with E-state index in [9.17, 15) is 19.2 Å². The van der Waals surface area contributed by atoms with Crippen LogP contribution in [0.3, 0.4) is 0 Å². The van der Waals surface area contributed by atoms with Gasteiger partial charge >= 0.3 is 12.0 Å². The first-order valence-corrected chi connectivity index (χ1v) is 5.36. The Balaban J connectivity index is 2.60. The number of carboxylic acids is 1. The predicted octanol–water partition coefficient (Wildman–Crippen LogP) is -1.28. The Hall–Kier alpha value is -2.12. The highest BCUT2D eigenvalue weighted by Crippen LogP contribution is 2.04. The third-order valence-electron chi connectivity index (χ3n) is 2.51. The number of carbonyl (C=O) groups is 4. The van der Waals surface area contributed by atoms with Crippen molar-refractivity contribution in [1.29, 1.82) is 0 Å². The lowest BCUT2D eigenvalue weighted by atomic mass is 10.2. The molecule has 0 radical (unpaired) electrons. The number of hydrogen-bond acceptors (Lipinski definition) is 4. The molecule has 1 fully saturated rings. The van der Waals surface area contributed by atoms with Crippen molar-refractivity contribution in [2.45, 2.75) is 6.92 Å². The van der Waals surface area contributed by atoms with Crippen LogP contribution in [-0.4, -0.2) is 65.4 Å². The standard InChI is InChI=1S/C10H15N3O5/c1-6(9(16)17)3-12(2)10(18)13-4-7(14)11-8(15)5-13/h6H,3-5H2,1-2H3,(H,16,17)(H,11,14,15). The smallest absolute Gasteiger partial charge is 0.320 e. The summed E-state index contributed by atoms with van der Waals surface area (Å²) in [5.41, 5.74) is 0. The van der Waals surface area contributed by atoms with Gasteiger partial charge in [-0.1, -0.05) is 6.92 Å². The molecule has 0 spiro atoms. The second-order valence-electron chi connectivity index (χ2n) is 4.23. The predicted molar refractivity (Wildman–Crippen MR) is 59.5 cm³/mol. The Kier molecular flexibility index (Phi) is 4.24. The SMILES string of the molecule is CC(CN(C)C(=O)N1CC(=O)NC(=O)C1)C(=O)O. The van der Waals surface area contributed by atoms with Gasteiger partial charge in [-0.15, -0.1) is 0 Å². The van der Waals surface area contributed by atoms with Crippen molar-refractivity contribution in [1.82, 2.24) is 15.1 Å². The molecule has 1 aliphatic heterocycles. The van der Waals surface area contributed by atoms with Crippen LogP contribution in [0.25, 0.3) is 0 Å². The number of amides is 4. The van der Waals surface area contributed by atoms with E-state index >= 15 is 0 Å². The van der Waals surface area contributed by atoms with E-state index in [-0.39, 0.29) is 19.6 Å². The molecular weight excluding hydrogens is 242 g/mol. The Labute approximate surface area is 104 Å². The number of aliphatic carboxylic acids is 1. The monoisotopic (exact) mass is 257 g/mol. The number of hydrogen-bond donors (Lipinski definition) is 2. The van der Waals surface area contributed by atoms with Gasteiger partial charge < -0.3 is 14.9 Å². The van der Waals surface area contributed by atoms with Crippen molar-refractivity contribution in [2.24, 2.45) is 5.92 Å². The lowest BCUT2D eigenvalue weighted by Crippen LogP contribution is -2.56. The molecule has 1 aliphatic rings. The van der Waals surface area contributed by atoms with Gasteiger partial charge in [0.1, 0.15) is 13.1 Å². The van der Waals surface area contributed by atoms with Gasteiger partial charge in [0.25, 0.3) is 0 Å². The number of piperazine rings is 1. The number of carboxylic acid groups (broad SMARTS) is 1. The van der Waals surface area contributed by atoms with E-state index in [1.165, 1.54) is 18.9 Å². The van der Waals surface area contributed by atoms with Gasteiger partial charge in [0.2, 0.25) is 11.8 Å². The molecule has 100 valence electrons. The van der Waals surface area contributed by atoms with Gasteiger partial charge in [0.15, 0.2) is 0 Å². The van der Waals surface area contributed by atoms with Gasteiger partial charge in [0.05, 0.1) is 5.92 Å². The summed E-state index contributed by atoms with van der Waals surface area (Å²) in [5.74, 6) is -2.81. The number of carbonyl (C=O) groups excluding carboxylic acids is 3. The van der Waals surface area contributed by atoms with E-state index in [4.69, 9.17) is 5.11 Å². The summed E-state index contributed by atoms with van der Waals surface area (Å²) < 4.78 is 0. The number of imide groups is 1. The van der Waals surface area contributed by atoms with E-state index in [0.717, 1.165) is 4.90 Å². The summed E-state index contributed by atoms with van der Waals surface area (Å²) in [7, 11) is 1.43. The number of urea groups is 1. The fraction of sp³-hybridized carbons (Fsp3) is 0.600. The lowest BCUT2D eigenvalue weighted by molar-refractivity contribution is -0.142. The first kappa shape index (κ1) is 13.9. The largest absolute Gasteiger partial charge is 0.481 e. The van der Waals surface area contributed by atoms with Gasteiger partial charge in [0, 0.05) is 13.6 Å². The zero-order chi connectivity index (χ0) is 13.9. The minimum absolute atomic E-state index is 0.0144. The van der Waals surface area contributed by atoms with Crippen LogP contribution in [0.2, 0.25) is 0 Å². The highest BCUT2D eigenvalue weighted by molar-refractivity contribution is 6.02. The molecule has 2 N–H and O–H groups in total. The van der Waals surface area contributed by atoms with Crippen molar-refractivity contribution in [3.8, 4) is 0 Å². The maximum Gasteiger partial charge on any atom is 0.320 e. The van der Waals surface area contributed by atoms with Crippen molar-refractivity contribution in [3.05, 3.63) is 0 Å². The van der Waals surface area contributed by atoms with Gasteiger partial charge in [-0.25, -0.2) is 4.79 Å². The second kappa shape index (κ2) is 5.48. The van der Waals surface area contributed by atoms with E-state index in [0.29, 0.717) is 0 Å². The van der Waals surface area contributed by atoms with Crippen LogP contribution in [0.5, 0.6) is 0 Å². The highest BCUT2D eigenvalue weighted by atomic mass is 16.4. The maximum atomic E-state index is 11.9. The zero-order valence-corrected chi connectivity index (χ0v) is 10.2. The lowest BCUT2D eigenvalue weighted by Gasteiger charge is -2.30. The van der Waals surface area contributed by atoms with Crippen LogP contribution in [-0.2, 0) is 14.4 Å². The van der Waals surface area contributed by atoms with Crippen molar-refractivity contribution < 1.29 is 24.3 Å². The fourth-order valence-corrected chi connectivity index (χ4v) is 1.58. The first-order chi connectivity index (χ1) is 8.31. The summed E-state index contributed by atoms with van der Waals surface area (Å²) in [6, 6.07) is -0.536.